The van der Waals surface area contributed by atoms with Crippen molar-refractivity contribution in [2.45, 2.75) is 23.8 Å². The van der Waals surface area contributed by atoms with Crippen LogP contribution in [0.5, 0.6) is 11.5 Å². The molecule has 3 unspecified atom stereocenters. The number of sulfonamides is 1. The van der Waals surface area contributed by atoms with Crippen molar-refractivity contribution in [1.82, 2.24) is 4.31 Å². The first-order chi connectivity index (χ1) is 10.9. The van der Waals surface area contributed by atoms with Gasteiger partial charge in [-0.15, -0.1) is 0 Å². The van der Waals surface area contributed by atoms with Crippen LogP contribution in [0.4, 0.5) is 4.39 Å². The minimum Gasteiger partial charge on any atom is -0.493 e. The van der Waals surface area contributed by atoms with Crippen molar-refractivity contribution in [1.29, 1.82) is 0 Å². The fraction of sp³-hybridized carbons (Fsp3) is 0.600. The second-order valence-corrected chi connectivity index (χ2v) is 8.03. The summed E-state index contributed by atoms with van der Waals surface area (Å²) < 4.78 is 51.3. The lowest BCUT2D eigenvalue weighted by atomic mass is 9.98. The van der Waals surface area contributed by atoms with E-state index in [-0.39, 0.29) is 34.3 Å². The Morgan fingerprint density at radius 1 is 1.17 bits per heavy atom. The molecule has 0 radical (unpaired) electrons. The Labute approximate surface area is 135 Å². The SMILES string of the molecule is COc1cc(F)c(S(=O)(=O)N2CC3CCC(N)C3C2)cc1OC. The van der Waals surface area contributed by atoms with E-state index in [9.17, 15) is 12.8 Å². The lowest BCUT2D eigenvalue weighted by Crippen LogP contribution is -2.33. The van der Waals surface area contributed by atoms with Crippen LogP contribution >= 0.6 is 0 Å². The van der Waals surface area contributed by atoms with Crippen LogP contribution in [-0.2, 0) is 10.0 Å². The van der Waals surface area contributed by atoms with Crippen molar-refractivity contribution < 1.29 is 22.3 Å². The van der Waals surface area contributed by atoms with Crippen LogP contribution < -0.4 is 15.2 Å². The summed E-state index contributed by atoms with van der Waals surface area (Å²) in [6.45, 7) is 0.746. The molecule has 1 aliphatic carbocycles. The largest absolute Gasteiger partial charge is 0.493 e. The van der Waals surface area contributed by atoms with Crippen LogP contribution in [-0.4, -0.2) is 46.1 Å². The molecule has 1 aliphatic heterocycles. The topological polar surface area (TPSA) is 81.9 Å². The molecule has 23 heavy (non-hydrogen) atoms. The second kappa shape index (κ2) is 5.92. The summed E-state index contributed by atoms with van der Waals surface area (Å²) in [7, 11) is -1.18. The highest BCUT2D eigenvalue weighted by molar-refractivity contribution is 7.89. The van der Waals surface area contributed by atoms with Gasteiger partial charge in [0.25, 0.3) is 0 Å². The van der Waals surface area contributed by atoms with Gasteiger partial charge in [-0.1, -0.05) is 0 Å². The minimum atomic E-state index is -3.93. The van der Waals surface area contributed by atoms with Gasteiger partial charge in [0.2, 0.25) is 10.0 Å². The summed E-state index contributed by atoms with van der Waals surface area (Å²) in [6, 6.07) is 2.24. The monoisotopic (exact) mass is 344 g/mol. The Balaban J connectivity index is 1.94. The van der Waals surface area contributed by atoms with Crippen molar-refractivity contribution in [2.24, 2.45) is 17.6 Å². The van der Waals surface area contributed by atoms with E-state index in [4.69, 9.17) is 15.2 Å². The zero-order valence-electron chi connectivity index (χ0n) is 13.2. The van der Waals surface area contributed by atoms with E-state index in [0.717, 1.165) is 18.9 Å². The molecule has 3 atom stereocenters. The number of methoxy groups -OCH3 is 2. The summed E-state index contributed by atoms with van der Waals surface area (Å²) in [5.74, 6) is -0.0761. The number of ether oxygens (including phenoxy) is 2. The maximum absolute atomic E-state index is 14.3. The molecule has 3 rings (SSSR count). The van der Waals surface area contributed by atoms with Crippen LogP contribution in [0.3, 0.4) is 0 Å². The Morgan fingerprint density at radius 2 is 1.83 bits per heavy atom. The average Bonchev–Trinajstić information content (AvgIpc) is 3.09. The first kappa shape index (κ1) is 16.5. The molecule has 1 aromatic carbocycles. The zero-order valence-corrected chi connectivity index (χ0v) is 14.0. The van der Waals surface area contributed by atoms with Crippen molar-refractivity contribution >= 4 is 10.0 Å². The fourth-order valence-corrected chi connectivity index (χ4v) is 5.23. The van der Waals surface area contributed by atoms with Crippen LogP contribution in [0.1, 0.15) is 12.8 Å². The molecule has 0 aromatic heterocycles. The molecule has 1 saturated heterocycles. The third-order valence-electron chi connectivity index (χ3n) is 4.93. The number of hydrogen-bond acceptors (Lipinski definition) is 5. The number of fused-ring (bicyclic) bond motifs is 1. The molecule has 0 spiro atoms. The van der Waals surface area contributed by atoms with Gasteiger partial charge in [0.15, 0.2) is 11.5 Å². The summed E-state index contributed by atoms with van der Waals surface area (Å²) in [6.07, 6.45) is 1.85. The first-order valence-corrected chi connectivity index (χ1v) is 8.99. The van der Waals surface area contributed by atoms with Crippen molar-refractivity contribution in [3.05, 3.63) is 17.9 Å². The van der Waals surface area contributed by atoms with Crippen molar-refractivity contribution in [3.63, 3.8) is 0 Å². The molecule has 0 amide bonds. The van der Waals surface area contributed by atoms with E-state index < -0.39 is 15.8 Å². The second-order valence-electron chi connectivity index (χ2n) is 6.12. The van der Waals surface area contributed by atoms with Gasteiger partial charge in [-0.05, 0) is 24.7 Å². The molecule has 6 nitrogen and oxygen atoms in total. The highest BCUT2D eigenvalue weighted by Crippen LogP contribution is 2.40. The molecule has 8 heteroatoms. The summed E-state index contributed by atoms with van der Waals surface area (Å²) >= 11 is 0. The molecule has 2 aliphatic rings. The number of rotatable bonds is 4. The van der Waals surface area contributed by atoms with Gasteiger partial charge < -0.3 is 15.2 Å². The smallest absolute Gasteiger partial charge is 0.246 e. The first-order valence-electron chi connectivity index (χ1n) is 7.55. The number of hydrogen-bond donors (Lipinski definition) is 1. The van der Waals surface area contributed by atoms with E-state index >= 15 is 0 Å². The van der Waals surface area contributed by atoms with E-state index in [2.05, 4.69) is 0 Å². The van der Waals surface area contributed by atoms with E-state index in [0.29, 0.717) is 13.1 Å². The molecule has 1 saturated carbocycles. The normalized spacial score (nSPS) is 27.9. The van der Waals surface area contributed by atoms with Crippen LogP contribution in [0, 0.1) is 17.7 Å². The zero-order chi connectivity index (χ0) is 16.8. The van der Waals surface area contributed by atoms with Gasteiger partial charge >= 0.3 is 0 Å². The molecule has 1 heterocycles. The Kier molecular flexibility index (Phi) is 4.24. The summed E-state index contributed by atoms with van der Waals surface area (Å²) in [5.41, 5.74) is 6.05. The van der Waals surface area contributed by atoms with Gasteiger partial charge in [-0.25, -0.2) is 12.8 Å². The summed E-state index contributed by atoms with van der Waals surface area (Å²) in [4.78, 5) is -0.385. The summed E-state index contributed by atoms with van der Waals surface area (Å²) in [5, 5.41) is 0. The predicted octanol–water partition coefficient (Wildman–Crippen LogP) is 1.20. The van der Waals surface area contributed by atoms with E-state index in [1.165, 1.54) is 24.6 Å². The molecule has 2 fully saturated rings. The third kappa shape index (κ3) is 2.68. The lowest BCUT2D eigenvalue weighted by molar-refractivity contribution is 0.349. The predicted molar refractivity (Wildman–Crippen MR) is 82.5 cm³/mol. The van der Waals surface area contributed by atoms with E-state index in [1.54, 1.807) is 0 Å². The maximum atomic E-state index is 14.3. The number of benzene rings is 1. The average molecular weight is 344 g/mol. The van der Waals surface area contributed by atoms with Gasteiger partial charge in [0.05, 0.1) is 14.2 Å². The Morgan fingerprint density at radius 3 is 2.43 bits per heavy atom. The van der Waals surface area contributed by atoms with Crippen LogP contribution in [0.25, 0.3) is 0 Å². The molecule has 0 bridgehead atoms. The molecular weight excluding hydrogens is 323 g/mol. The van der Waals surface area contributed by atoms with Gasteiger partial charge in [0, 0.05) is 31.3 Å². The minimum absolute atomic E-state index is 0.0236. The van der Waals surface area contributed by atoms with Gasteiger partial charge in [-0.2, -0.15) is 4.31 Å². The van der Waals surface area contributed by atoms with Crippen molar-refractivity contribution in [2.75, 3.05) is 27.3 Å². The molecule has 1 aromatic rings. The van der Waals surface area contributed by atoms with Gasteiger partial charge in [0.1, 0.15) is 10.7 Å². The van der Waals surface area contributed by atoms with Crippen LogP contribution in [0.15, 0.2) is 17.0 Å². The fourth-order valence-electron chi connectivity index (χ4n) is 3.64. The number of halogens is 1. The Hall–Kier alpha value is -1.38. The quantitative estimate of drug-likeness (QED) is 0.888. The van der Waals surface area contributed by atoms with Crippen LogP contribution in [0.2, 0.25) is 0 Å². The lowest BCUT2D eigenvalue weighted by Gasteiger charge is -2.20. The standard InChI is InChI=1S/C15H21FN2O4S/c1-21-13-5-11(16)15(6-14(13)22-2)23(19,20)18-7-9-3-4-12(17)10(9)8-18/h5-6,9-10,12H,3-4,7-8,17H2,1-2H3. The number of nitrogens with zero attached hydrogens (tertiary/aromatic N) is 1. The van der Waals surface area contributed by atoms with Crippen molar-refractivity contribution in [3.8, 4) is 11.5 Å². The highest BCUT2D eigenvalue weighted by atomic mass is 32.2. The third-order valence-corrected chi connectivity index (χ3v) is 6.78. The number of nitrogens with two attached hydrogens (primary N) is 1. The highest BCUT2D eigenvalue weighted by Gasteiger charge is 2.45. The maximum Gasteiger partial charge on any atom is 0.246 e. The Bertz CT molecular complexity index is 710. The molecule has 128 valence electrons. The van der Waals surface area contributed by atoms with E-state index in [1.807, 2.05) is 0 Å². The molecule has 2 N–H and O–H groups in total. The van der Waals surface area contributed by atoms with Gasteiger partial charge in [-0.3, -0.25) is 0 Å². The molecular formula is C15H21FN2O4S.